The van der Waals surface area contributed by atoms with Gasteiger partial charge < -0.3 is 5.32 Å². The third-order valence-corrected chi connectivity index (χ3v) is 4.73. The van der Waals surface area contributed by atoms with Crippen molar-refractivity contribution in [3.8, 4) is 0 Å². The Morgan fingerprint density at radius 1 is 1.50 bits per heavy atom. The van der Waals surface area contributed by atoms with Crippen LogP contribution in [-0.4, -0.2) is 17.3 Å². The summed E-state index contributed by atoms with van der Waals surface area (Å²) in [5.74, 6) is 0.0918. The molecule has 0 spiro atoms. The van der Waals surface area contributed by atoms with E-state index in [0.29, 0.717) is 28.4 Å². The van der Waals surface area contributed by atoms with Gasteiger partial charge in [-0.25, -0.2) is 4.39 Å². The van der Waals surface area contributed by atoms with E-state index in [1.165, 1.54) is 25.0 Å². The Morgan fingerprint density at radius 3 is 2.89 bits per heavy atom. The summed E-state index contributed by atoms with van der Waals surface area (Å²) in [7, 11) is 0. The van der Waals surface area contributed by atoms with Crippen LogP contribution in [0, 0.1) is 18.7 Å². The lowest BCUT2D eigenvalue weighted by molar-refractivity contribution is 0.0947. The van der Waals surface area contributed by atoms with Crippen LogP contribution in [0.5, 0.6) is 0 Å². The van der Waals surface area contributed by atoms with Gasteiger partial charge in [0.25, 0.3) is 5.91 Å². The second kappa shape index (κ2) is 5.83. The Morgan fingerprint density at radius 2 is 2.28 bits per heavy atom. The van der Waals surface area contributed by atoms with Crippen LogP contribution < -0.4 is 5.32 Å². The van der Waals surface area contributed by atoms with Gasteiger partial charge in [0.15, 0.2) is 0 Å². The molecular weight excluding hydrogens is 297 g/mol. The van der Waals surface area contributed by atoms with Gasteiger partial charge in [-0.1, -0.05) is 22.4 Å². The molecule has 1 aliphatic carbocycles. The molecule has 98 valence electrons. The zero-order chi connectivity index (χ0) is 13.1. The first-order valence-corrected chi connectivity index (χ1v) is 7.18. The summed E-state index contributed by atoms with van der Waals surface area (Å²) < 4.78 is 13.0. The van der Waals surface area contributed by atoms with Crippen molar-refractivity contribution in [2.45, 2.75) is 31.0 Å². The molecule has 1 aliphatic rings. The monoisotopic (exact) mass is 313 g/mol. The number of benzene rings is 1. The van der Waals surface area contributed by atoms with Crippen LogP contribution in [0.4, 0.5) is 4.39 Å². The molecule has 1 amide bonds. The first-order valence-electron chi connectivity index (χ1n) is 6.26. The van der Waals surface area contributed by atoms with Crippen molar-refractivity contribution in [2.24, 2.45) is 5.92 Å². The molecule has 1 fully saturated rings. The van der Waals surface area contributed by atoms with E-state index >= 15 is 0 Å². The van der Waals surface area contributed by atoms with Crippen molar-refractivity contribution in [2.75, 3.05) is 6.54 Å². The molecule has 0 radical (unpaired) electrons. The molecule has 2 atom stereocenters. The standard InChI is InChI=1S/C14H17BrFNO/c1-9-7-11(16)5-6-12(9)14(18)17-8-10-3-2-4-13(10)15/h5-7,10,13H,2-4,8H2,1H3,(H,17,18). The van der Waals surface area contributed by atoms with Crippen LogP contribution in [0.2, 0.25) is 0 Å². The highest BCUT2D eigenvalue weighted by Crippen LogP contribution is 2.30. The molecule has 0 aliphatic heterocycles. The highest BCUT2D eigenvalue weighted by molar-refractivity contribution is 9.09. The van der Waals surface area contributed by atoms with Gasteiger partial charge >= 0.3 is 0 Å². The van der Waals surface area contributed by atoms with Crippen molar-refractivity contribution in [1.82, 2.24) is 5.32 Å². The van der Waals surface area contributed by atoms with Gasteiger partial charge in [0.05, 0.1) is 0 Å². The number of amides is 1. The predicted molar refractivity (Wildman–Crippen MR) is 73.5 cm³/mol. The Bertz CT molecular complexity index is 449. The number of aryl methyl sites for hydroxylation is 1. The smallest absolute Gasteiger partial charge is 0.251 e. The van der Waals surface area contributed by atoms with Gasteiger partial charge in [0, 0.05) is 16.9 Å². The largest absolute Gasteiger partial charge is 0.352 e. The maximum atomic E-state index is 13.0. The van der Waals surface area contributed by atoms with E-state index in [0.717, 1.165) is 6.42 Å². The molecule has 1 aromatic carbocycles. The third-order valence-electron chi connectivity index (χ3n) is 3.52. The Balaban J connectivity index is 1.95. The Kier molecular flexibility index (Phi) is 4.38. The fraction of sp³-hybridized carbons (Fsp3) is 0.500. The Labute approximate surface area is 115 Å². The lowest BCUT2D eigenvalue weighted by Gasteiger charge is -2.15. The van der Waals surface area contributed by atoms with E-state index in [4.69, 9.17) is 0 Å². The molecule has 0 bridgehead atoms. The second-order valence-corrected chi connectivity index (χ2v) is 6.05. The fourth-order valence-corrected chi connectivity index (χ4v) is 3.20. The van der Waals surface area contributed by atoms with Gasteiger partial charge in [0.2, 0.25) is 0 Å². The summed E-state index contributed by atoms with van der Waals surface area (Å²) in [5.41, 5.74) is 1.23. The summed E-state index contributed by atoms with van der Waals surface area (Å²) in [4.78, 5) is 12.5. The number of carbonyl (C=O) groups is 1. The molecule has 2 rings (SSSR count). The first kappa shape index (κ1) is 13.5. The van der Waals surface area contributed by atoms with E-state index in [2.05, 4.69) is 21.2 Å². The molecule has 1 N–H and O–H groups in total. The molecule has 18 heavy (non-hydrogen) atoms. The van der Waals surface area contributed by atoms with Crippen LogP contribution in [0.25, 0.3) is 0 Å². The van der Waals surface area contributed by atoms with E-state index in [1.807, 2.05) is 0 Å². The number of hydrogen-bond acceptors (Lipinski definition) is 1. The quantitative estimate of drug-likeness (QED) is 0.851. The number of rotatable bonds is 3. The summed E-state index contributed by atoms with van der Waals surface area (Å²) in [6, 6.07) is 4.25. The molecule has 0 aromatic heterocycles. The summed E-state index contributed by atoms with van der Waals surface area (Å²) in [6.07, 6.45) is 3.54. The average molecular weight is 314 g/mol. The number of halogens is 2. The third kappa shape index (κ3) is 3.10. The zero-order valence-corrected chi connectivity index (χ0v) is 12.0. The van der Waals surface area contributed by atoms with Crippen molar-refractivity contribution in [1.29, 1.82) is 0 Å². The highest BCUT2D eigenvalue weighted by Gasteiger charge is 2.25. The van der Waals surface area contributed by atoms with Crippen molar-refractivity contribution >= 4 is 21.8 Å². The van der Waals surface area contributed by atoms with Gasteiger partial charge in [-0.3, -0.25) is 4.79 Å². The topological polar surface area (TPSA) is 29.1 Å². The summed E-state index contributed by atoms with van der Waals surface area (Å²) in [6.45, 7) is 2.44. The summed E-state index contributed by atoms with van der Waals surface area (Å²) in [5, 5.41) is 2.94. The van der Waals surface area contributed by atoms with Gasteiger partial charge in [0.1, 0.15) is 5.82 Å². The van der Waals surface area contributed by atoms with E-state index in [1.54, 1.807) is 13.0 Å². The lowest BCUT2D eigenvalue weighted by Crippen LogP contribution is -2.31. The SMILES string of the molecule is Cc1cc(F)ccc1C(=O)NCC1CCCC1Br. The molecule has 4 heteroatoms. The highest BCUT2D eigenvalue weighted by atomic mass is 79.9. The van der Waals surface area contributed by atoms with Crippen molar-refractivity contribution in [3.63, 3.8) is 0 Å². The minimum atomic E-state index is -0.305. The van der Waals surface area contributed by atoms with E-state index in [-0.39, 0.29) is 11.7 Å². The fourth-order valence-electron chi connectivity index (χ4n) is 2.42. The maximum absolute atomic E-state index is 13.0. The van der Waals surface area contributed by atoms with Crippen LogP contribution in [0.1, 0.15) is 35.2 Å². The molecule has 1 saturated carbocycles. The lowest BCUT2D eigenvalue weighted by atomic mass is 10.1. The number of carbonyl (C=O) groups excluding carboxylic acids is 1. The van der Waals surface area contributed by atoms with E-state index in [9.17, 15) is 9.18 Å². The van der Waals surface area contributed by atoms with Crippen LogP contribution >= 0.6 is 15.9 Å². The van der Waals surface area contributed by atoms with Crippen LogP contribution in [0.15, 0.2) is 18.2 Å². The molecule has 0 heterocycles. The Hall–Kier alpha value is -0.900. The minimum Gasteiger partial charge on any atom is -0.352 e. The van der Waals surface area contributed by atoms with Gasteiger partial charge in [-0.05, 0) is 49.4 Å². The zero-order valence-electron chi connectivity index (χ0n) is 10.4. The average Bonchev–Trinajstić information content (AvgIpc) is 2.72. The minimum absolute atomic E-state index is 0.112. The number of hydrogen-bond donors (Lipinski definition) is 1. The number of alkyl halides is 1. The van der Waals surface area contributed by atoms with Crippen LogP contribution in [-0.2, 0) is 0 Å². The van der Waals surface area contributed by atoms with Gasteiger partial charge in [-0.15, -0.1) is 0 Å². The van der Waals surface area contributed by atoms with Crippen molar-refractivity contribution in [3.05, 3.63) is 35.1 Å². The second-order valence-electron chi connectivity index (χ2n) is 4.88. The molecule has 1 aromatic rings. The van der Waals surface area contributed by atoms with Crippen molar-refractivity contribution < 1.29 is 9.18 Å². The van der Waals surface area contributed by atoms with Gasteiger partial charge in [-0.2, -0.15) is 0 Å². The number of nitrogens with one attached hydrogen (secondary N) is 1. The molecule has 2 nitrogen and oxygen atoms in total. The predicted octanol–water partition coefficient (Wildman–Crippen LogP) is 3.43. The summed E-state index contributed by atoms with van der Waals surface area (Å²) >= 11 is 3.63. The van der Waals surface area contributed by atoms with Crippen LogP contribution in [0.3, 0.4) is 0 Å². The molecule has 2 unspecified atom stereocenters. The molecular formula is C14H17BrFNO. The normalized spacial score (nSPS) is 23.1. The van der Waals surface area contributed by atoms with E-state index < -0.39 is 0 Å². The maximum Gasteiger partial charge on any atom is 0.251 e. The first-order chi connectivity index (χ1) is 8.58. The molecule has 0 saturated heterocycles.